The number of nitrogens with two attached hydrogens (primary N) is 1. The number of benzene rings is 2. The van der Waals surface area contributed by atoms with Crippen LogP contribution in [-0.4, -0.2) is 11.5 Å². The summed E-state index contributed by atoms with van der Waals surface area (Å²) in [6.07, 6.45) is 1.06. The van der Waals surface area contributed by atoms with Gasteiger partial charge in [-0.1, -0.05) is 61.1 Å². The molecule has 0 aromatic heterocycles. The Balaban J connectivity index is 1.96. The standard InChI is InChI=1S/C18H22N2S/c1-13-8-9-17(16(12-13)18(19)21)20-11-10-14(2)15-6-4-3-5-7-15/h3-9,12,14,20H,10-11H2,1-2H3,(H2,19,21). The van der Waals surface area contributed by atoms with Gasteiger partial charge in [0.15, 0.2) is 0 Å². The van der Waals surface area contributed by atoms with Crippen LogP contribution in [0.5, 0.6) is 0 Å². The molecule has 0 radical (unpaired) electrons. The average molecular weight is 298 g/mol. The smallest absolute Gasteiger partial charge is 0.106 e. The summed E-state index contributed by atoms with van der Waals surface area (Å²) in [6, 6.07) is 16.7. The molecule has 0 aliphatic heterocycles. The van der Waals surface area contributed by atoms with Gasteiger partial charge in [-0.05, 0) is 37.0 Å². The molecule has 21 heavy (non-hydrogen) atoms. The third kappa shape index (κ3) is 4.30. The van der Waals surface area contributed by atoms with E-state index in [1.54, 1.807) is 0 Å². The molecule has 0 aliphatic carbocycles. The van der Waals surface area contributed by atoms with E-state index in [0.29, 0.717) is 10.9 Å². The van der Waals surface area contributed by atoms with Crippen molar-refractivity contribution >= 4 is 22.9 Å². The van der Waals surface area contributed by atoms with Gasteiger partial charge in [-0.15, -0.1) is 0 Å². The molecule has 0 heterocycles. The van der Waals surface area contributed by atoms with Crippen molar-refractivity contribution in [3.63, 3.8) is 0 Å². The summed E-state index contributed by atoms with van der Waals surface area (Å²) >= 11 is 5.13. The third-order valence-corrected chi connectivity index (χ3v) is 3.92. The highest BCUT2D eigenvalue weighted by Crippen LogP contribution is 2.21. The summed E-state index contributed by atoms with van der Waals surface area (Å²) in [4.78, 5) is 0.442. The van der Waals surface area contributed by atoms with Gasteiger partial charge in [0.2, 0.25) is 0 Å². The highest BCUT2D eigenvalue weighted by molar-refractivity contribution is 7.80. The van der Waals surface area contributed by atoms with Crippen LogP contribution in [0.25, 0.3) is 0 Å². The summed E-state index contributed by atoms with van der Waals surface area (Å²) in [5, 5.41) is 3.45. The van der Waals surface area contributed by atoms with Gasteiger partial charge in [-0.3, -0.25) is 0 Å². The second-order valence-corrected chi connectivity index (χ2v) is 5.88. The van der Waals surface area contributed by atoms with Crippen LogP contribution < -0.4 is 11.1 Å². The molecule has 0 amide bonds. The fourth-order valence-corrected chi connectivity index (χ4v) is 2.56. The first-order valence-corrected chi connectivity index (χ1v) is 7.68. The molecule has 2 nitrogen and oxygen atoms in total. The van der Waals surface area contributed by atoms with Crippen LogP contribution >= 0.6 is 12.2 Å². The zero-order valence-electron chi connectivity index (χ0n) is 12.6. The monoisotopic (exact) mass is 298 g/mol. The van der Waals surface area contributed by atoms with E-state index in [1.165, 1.54) is 11.1 Å². The van der Waals surface area contributed by atoms with Crippen molar-refractivity contribution in [3.8, 4) is 0 Å². The quantitative estimate of drug-likeness (QED) is 0.784. The average Bonchev–Trinajstić information content (AvgIpc) is 2.49. The number of hydrogen-bond donors (Lipinski definition) is 2. The van der Waals surface area contributed by atoms with Crippen LogP contribution in [0.4, 0.5) is 5.69 Å². The van der Waals surface area contributed by atoms with Gasteiger partial charge < -0.3 is 11.1 Å². The fraction of sp³-hybridized carbons (Fsp3) is 0.278. The maximum Gasteiger partial charge on any atom is 0.106 e. The van der Waals surface area contributed by atoms with E-state index in [9.17, 15) is 0 Å². The Morgan fingerprint density at radius 1 is 1.19 bits per heavy atom. The molecule has 1 atom stereocenters. The largest absolute Gasteiger partial charge is 0.389 e. The van der Waals surface area contributed by atoms with Crippen molar-refractivity contribution in [1.29, 1.82) is 0 Å². The Bertz CT molecular complexity index is 608. The second kappa shape index (κ2) is 7.23. The minimum atomic E-state index is 0.442. The number of thiocarbonyl (C=S) groups is 1. The molecule has 2 aromatic carbocycles. The van der Waals surface area contributed by atoms with Gasteiger partial charge in [-0.2, -0.15) is 0 Å². The first kappa shape index (κ1) is 15.5. The summed E-state index contributed by atoms with van der Waals surface area (Å²) in [7, 11) is 0. The first-order valence-electron chi connectivity index (χ1n) is 7.27. The van der Waals surface area contributed by atoms with E-state index in [4.69, 9.17) is 18.0 Å². The predicted molar refractivity (Wildman–Crippen MR) is 95.0 cm³/mol. The van der Waals surface area contributed by atoms with Crippen LogP contribution in [0.2, 0.25) is 0 Å². The van der Waals surface area contributed by atoms with E-state index in [-0.39, 0.29) is 0 Å². The van der Waals surface area contributed by atoms with E-state index < -0.39 is 0 Å². The van der Waals surface area contributed by atoms with Gasteiger partial charge >= 0.3 is 0 Å². The van der Waals surface area contributed by atoms with Crippen LogP contribution in [0.3, 0.4) is 0 Å². The van der Waals surface area contributed by atoms with Crippen LogP contribution in [-0.2, 0) is 0 Å². The zero-order chi connectivity index (χ0) is 15.2. The summed E-state index contributed by atoms with van der Waals surface area (Å²) in [6.45, 7) is 5.19. The predicted octanol–water partition coefficient (Wildman–Crippen LogP) is 4.23. The second-order valence-electron chi connectivity index (χ2n) is 5.44. The minimum Gasteiger partial charge on any atom is -0.389 e. The molecule has 2 rings (SSSR count). The van der Waals surface area contributed by atoms with Crippen LogP contribution in [0.1, 0.15) is 36.0 Å². The maximum atomic E-state index is 5.80. The number of rotatable bonds is 6. The minimum absolute atomic E-state index is 0.442. The maximum absolute atomic E-state index is 5.80. The SMILES string of the molecule is Cc1ccc(NCCC(C)c2ccccc2)c(C(N)=S)c1. The molecule has 110 valence electrons. The van der Waals surface area contributed by atoms with E-state index in [2.05, 4.69) is 54.7 Å². The molecule has 0 saturated heterocycles. The molecule has 0 spiro atoms. The van der Waals surface area contributed by atoms with Gasteiger partial charge in [-0.25, -0.2) is 0 Å². The Morgan fingerprint density at radius 2 is 1.90 bits per heavy atom. The molecular weight excluding hydrogens is 276 g/mol. The summed E-state index contributed by atoms with van der Waals surface area (Å²) in [5.74, 6) is 0.525. The van der Waals surface area contributed by atoms with Gasteiger partial charge in [0.1, 0.15) is 4.99 Å². The van der Waals surface area contributed by atoms with Gasteiger partial charge in [0, 0.05) is 17.8 Å². The normalized spacial score (nSPS) is 11.9. The number of aryl methyl sites for hydroxylation is 1. The lowest BCUT2D eigenvalue weighted by molar-refractivity contribution is 0.706. The Hall–Kier alpha value is -1.87. The lowest BCUT2D eigenvalue weighted by Crippen LogP contribution is -2.14. The molecular formula is C18H22N2S. The highest BCUT2D eigenvalue weighted by Gasteiger charge is 2.07. The van der Waals surface area contributed by atoms with Gasteiger partial charge in [0.25, 0.3) is 0 Å². The van der Waals surface area contributed by atoms with Crippen molar-refractivity contribution in [2.75, 3.05) is 11.9 Å². The van der Waals surface area contributed by atoms with E-state index in [1.807, 2.05) is 13.0 Å². The van der Waals surface area contributed by atoms with E-state index in [0.717, 1.165) is 24.2 Å². The first-order chi connectivity index (χ1) is 10.1. The lowest BCUT2D eigenvalue weighted by Gasteiger charge is -2.15. The molecule has 0 bridgehead atoms. The van der Waals surface area contributed by atoms with Crippen molar-refractivity contribution in [2.45, 2.75) is 26.2 Å². The molecule has 0 fully saturated rings. The Labute approximate surface area is 132 Å². The van der Waals surface area contributed by atoms with Crippen molar-refractivity contribution in [3.05, 3.63) is 65.2 Å². The molecule has 3 N–H and O–H groups in total. The number of anilines is 1. The van der Waals surface area contributed by atoms with Crippen LogP contribution in [0, 0.1) is 6.92 Å². The van der Waals surface area contributed by atoms with Crippen molar-refractivity contribution in [1.82, 2.24) is 0 Å². The van der Waals surface area contributed by atoms with Gasteiger partial charge in [0.05, 0.1) is 0 Å². The molecule has 1 unspecified atom stereocenters. The lowest BCUT2D eigenvalue weighted by atomic mass is 9.98. The summed E-state index contributed by atoms with van der Waals surface area (Å²) in [5.41, 5.74) is 10.3. The zero-order valence-corrected chi connectivity index (χ0v) is 13.4. The third-order valence-electron chi connectivity index (χ3n) is 3.70. The summed E-state index contributed by atoms with van der Waals surface area (Å²) < 4.78 is 0. The number of nitrogens with one attached hydrogen (secondary N) is 1. The van der Waals surface area contributed by atoms with Crippen LogP contribution in [0.15, 0.2) is 48.5 Å². The van der Waals surface area contributed by atoms with Crippen molar-refractivity contribution in [2.24, 2.45) is 5.73 Å². The molecule has 0 saturated carbocycles. The Kier molecular flexibility index (Phi) is 5.34. The molecule has 2 aromatic rings. The highest BCUT2D eigenvalue weighted by atomic mass is 32.1. The van der Waals surface area contributed by atoms with Crippen molar-refractivity contribution < 1.29 is 0 Å². The topological polar surface area (TPSA) is 38.0 Å². The number of hydrogen-bond acceptors (Lipinski definition) is 2. The Morgan fingerprint density at radius 3 is 2.57 bits per heavy atom. The molecule has 3 heteroatoms. The molecule has 0 aliphatic rings. The fourth-order valence-electron chi connectivity index (χ4n) is 2.39. The van der Waals surface area contributed by atoms with E-state index >= 15 is 0 Å².